The van der Waals surface area contributed by atoms with Crippen molar-refractivity contribution in [2.45, 2.75) is 39.7 Å². The predicted octanol–water partition coefficient (Wildman–Crippen LogP) is 3.55. The molecule has 0 heterocycles. The van der Waals surface area contributed by atoms with Crippen LogP contribution in [0.25, 0.3) is 0 Å². The Balaban J connectivity index is 3.25. The molecular formula is C15H22N4O2. The molecule has 0 radical (unpaired) electrons. The standard InChI is InChI=1S/C15H22N4O2/c1-4-10-17-13-7-5-8-14(15(13)19(20)21)18(12(2)3)11-6-9-16/h5,7-8,12,17H,4,6,10-11H2,1-3H3. The Kier molecular flexibility index (Phi) is 6.47. The molecule has 0 aliphatic carbocycles. The predicted molar refractivity (Wildman–Crippen MR) is 84.6 cm³/mol. The van der Waals surface area contributed by atoms with Gasteiger partial charge in [0.05, 0.1) is 17.4 Å². The highest BCUT2D eigenvalue weighted by molar-refractivity contribution is 5.77. The average Bonchev–Trinajstić information content (AvgIpc) is 2.44. The molecule has 1 rings (SSSR count). The third kappa shape index (κ3) is 4.35. The van der Waals surface area contributed by atoms with E-state index in [0.29, 0.717) is 30.9 Å². The summed E-state index contributed by atoms with van der Waals surface area (Å²) in [6.45, 7) is 7.10. The number of nitro benzene ring substituents is 1. The second-order valence-corrected chi connectivity index (χ2v) is 5.05. The van der Waals surface area contributed by atoms with Gasteiger partial charge in [-0.15, -0.1) is 0 Å². The van der Waals surface area contributed by atoms with Crippen LogP contribution in [0, 0.1) is 21.4 Å². The minimum Gasteiger partial charge on any atom is -0.379 e. The minimum absolute atomic E-state index is 0.0811. The van der Waals surface area contributed by atoms with Gasteiger partial charge in [0.2, 0.25) is 0 Å². The molecule has 0 saturated heterocycles. The van der Waals surface area contributed by atoms with Gasteiger partial charge < -0.3 is 10.2 Å². The first kappa shape index (κ1) is 16.8. The second kappa shape index (κ2) is 8.10. The molecule has 6 nitrogen and oxygen atoms in total. The summed E-state index contributed by atoms with van der Waals surface area (Å²) in [6.07, 6.45) is 1.23. The molecule has 0 saturated carbocycles. The summed E-state index contributed by atoms with van der Waals surface area (Å²) in [5.41, 5.74) is 1.17. The Morgan fingerprint density at radius 3 is 2.71 bits per heavy atom. The van der Waals surface area contributed by atoms with Crippen molar-refractivity contribution in [3.05, 3.63) is 28.3 Å². The smallest absolute Gasteiger partial charge is 0.315 e. The van der Waals surface area contributed by atoms with Gasteiger partial charge >= 0.3 is 5.69 Å². The Morgan fingerprint density at radius 1 is 1.48 bits per heavy atom. The lowest BCUT2D eigenvalue weighted by atomic mass is 10.1. The van der Waals surface area contributed by atoms with E-state index in [4.69, 9.17) is 5.26 Å². The van der Waals surface area contributed by atoms with Gasteiger partial charge in [-0.05, 0) is 32.4 Å². The summed E-state index contributed by atoms with van der Waals surface area (Å²) in [4.78, 5) is 13.0. The van der Waals surface area contributed by atoms with E-state index in [2.05, 4.69) is 11.4 Å². The molecule has 1 aromatic rings. The van der Waals surface area contributed by atoms with Gasteiger partial charge in [-0.2, -0.15) is 5.26 Å². The van der Waals surface area contributed by atoms with Crippen LogP contribution in [-0.2, 0) is 0 Å². The van der Waals surface area contributed by atoms with E-state index in [0.717, 1.165) is 6.42 Å². The quantitative estimate of drug-likeness (QED) is 0.585. The Hall–Kier alpha value is -2.29. The van der Waals surface area contributed by atoms with Crippen LogP contribution in [0.2, 0.25) is 0 Å². The van der Waals surface area contributed by atoms with Crippen LogP contribution in [0.4, 0.5) is 17.1 Å². The highest BCUT2D eigenvalue weighted by Gasteiger charge is 2.24. The molecule has 1 aromatic carbocycles. The highest BCUT2D eigenvalue weighted by atomic mass is 16.6. The van der Waals surface area contributed by atoms with E-state index in [9.17, 15) is 10.1 Å². The van der Waals surface area contributed by atoms with E-state index in [1.54, 1.807) is 12.1 Å². The van der Waals surface area contributed by atoms with Crippen LogP contribution >= 0.6 is 0 Å². The van der Waals surface area contributed by atoms with Gasteiger partial charge in [-0.3, -0.25) is 10.1 Å². The Morgan fingerprint density at radius 2 is 2.19 bits per heavy atom. The zero-order valence-electron chi connectivity index (χ0n) is 12.8. The van der Waals surface area contributed by atoms with Gasteiger partial charge in [-0.25, -0.2) is 0 Å². The normalized spacial score (nSPS) is 10.2. The van der Waals surface area contributed by atoms with Crippen molar-refractivity contribution < 1.29 is 4.92 Å². The molecule has 21 heavy (non-hydrogen) atoms. The van der Waals surface area contributed by atoms with Gasteiger partial charge in [0, 0.05) is 19.1 Å². The molecule has 0 aliphatic rings. The molecule has 0 atom stereocenters. The monoisotopic (exact) mass is 290 g/mol. The first-order valence-electron chi connectivity index (χ1n) is 7.17. The fourth-order valence-electron chi connectivity index (χ4n) is 2.18. The number of benzene rings is 1. The summed E-state index contributed by atoms with van der Waals surface area (Å²) in [5.74, 6) is 0. The largest absolute Gasteiger partial charge is 0.379 e. The maximum atomic E-state index is 11.5. The number of hydrogen-bond donors (Lipinski definition) is 1. The summed E-state index contributed by atoms with van der Waals surface area (Å²) in [5, 5.41) is 23.4. The fraction of sp³-hybridized carbons (Fsp3) is 0.533. The van der Waals surface area contributed by atoms with Crippen LogP contribution in [0.3, 0.4) is 0 Å². The number of anilines is 2. The third-order valence-corrected chi connectivity index (χ3v) is 3.16. The number of nitro groups is 1. The average molecular weight is 290 g/mol. The number of nitriles is 1. The molecule has 0 bridgehead atoms. The molecule has 114 valence electrons. The van der Waals surface area contributed by atoms with Crippen LogP contribution in [0.15, 0.2) is 18.2 Å². The van der Waals surface area contributed by atoms with Gasteiger partial charge in [0.1, 0.15) is 11.4 Å². The lowest BCUT2D eigenvalue weighted by Crippen LogP contribution is -2.32. The van der Waals surface area contributed by atoms with Crippen LogP contribution in [-0.4, -0.2) is 24.1 Å². The van der Waals surface area contributed by atoms with Crippen molar-refractivity contribution in [3.8, 4) is 6.07 Å². The molecular weight excluding hydrogens is 268 g/mol. The summed E-state index contributed by atoms with van der Waals surface area (Å²) >= 11 is 0. The Bertz CT molecular complexity index is 523. The summed E-state index contributed by atoms with van der Waals surface area (Å²) in [6, 6.07) is 7.45. The van der Waals surface area contributed by atoms with Crippen molar-refractivity contribution >= 4 is 17.1 Å². The second-order valence-electron chi connectivity index (χ2n) is 5.05. The third-order valence-electron chi connectivity index (χ3n) is 3.16. The lowest BCUT2D eigenvalue weighted by Gasteiger charge is -2.28. The van der Waals surface area contributed by atoms with E-state index < -0.39 is 0 Å². The Labute approximate surface area is 125 Å². The first-order chi connectivity index (χ1) is 10.0. The van der Waals surface area contributed by atoms with Gasteiger partial charge in [0.25, 0.3) is 0 Å². The molecule has 0 unspecified atom stereocenters. The topological polar surface area (TPSA) is 82.2 Å². The van der Waals surface area contributed by atoms with Crippen molar-refractivity contribution in [1.29, 1.82) is 5.26 Å². The first-order valence-corrected chi connectivity index (χ1v) is 7.17. The molecule has 0 spiro atoms. The maximum Gasteiger partial charge on any atom is 0.315 e. The number of nitrogens with zero attached hydrogens (tertiary/aromatic N) is 3. The zero-order valence-corrected chi connectivity index (χ0v) is 12.8. The van der Waals surface area contributed by atoms with E-state index in [1.807, 2.05) is 31.7 Å². The molecule has 0 aliphatic heterocycles. The fourth-order valence-corrected chi connectivity index (χ4v) is 2.18. The zero-order chi connectivity index (χ0) is 15.8. The van der Waals surface area contributed by atoms with Crippen molar-refractivity contribution in [3.63, 3.8) is 0 Å². The van der Waals surface area contributed by atoms with Crippen LogP contribution < -0.4 is 10.2 Å². The van der Waals surface area contributed by atoms with Crippen LogP contribution in [0.5, 0.6) is 0 Å². The number of rotatable bonds is 8. The highest BCUT2D eigenvalue weighted by Crippen LogP contribution is 2.36. The number of nitrogens with one attached hydrogen (secondary N) is 1. The minimum atomic E-state index is -0.352. The molecule has 0 fully saturated rings. The van der Waals surface area contributed by atoms with Crippen molar-refractivity contribution in [1.82, 2.24) is 0 Å². The molecule has 1 N–H and O–H groups in total. The number of hydrogen-bond acceptors (Lipinski definition) is 5. The van der Waals surface area contributed by atoms with Crippen molar-refractivity contribution in [2.24, 2.45) is 0 Å². The van der Waals surface area contributed by atoms with Crippen molar-refractivity contribution in [2.75, 3.05) is 23.3 Å². The molecule has 6 heteroatoms. The van der Waals surface area contributed by atoms with Crippen LogP contribution in [0.1, 0.15) is 33.6 Å². The van der Waals surface area contributed by atoms with Gasteiger partial charge in [0.15, 0.2) is 0 Å². The maximum absolute atomic E-state index is 11.5. The number of para-hydroxylation sites is 1. The van der Waals surface area contributed by atoms with E-state index in [-0.39, 0.29) is 16.7 Å². The lowest BCUT2D eigenvalue weighted by molar-refractivity contribution is -0.383. The SMILES string of the molecule is CCCNc1cccc(N(CCC#N)C(C)C)c1[N+](=O)[O-]. The van der Waals surface area contributed by atoms with Gasteiger partial charge in [-0.1, -0.05) is 13.0 Å². The van der Waals surface area contributed by atoms with E-state index >= 15 is 0 Å². The summed E-state index contributed by atoms with van der Waals surface area (Å²) in [7, 11) is 0. The van der Waals surface area contributed by atoms with E-state index in [1.165, 1.54) is 0 Å². The summed E-state index contributed by atoms with van der Waals surface area (Å²) < 4.78 is 0. The molecule has 0 amide bonds. The molecule has 0 aromatic heterocycles.